The molecule has 0 spiro atoms. The van der Waals surface area contributed by atoms with E-state index in [1.54, 1.807) is 12.1 Å². The highest BCUT2D eigenvalue weighted by Crippen LogP contribution is 2.60. The average molecular weight is 286 g/mol. The predicted octanol–water partition coefficient (Wildman–Crippen LogP) is 1.69. The van der Waals surface area contributed by atoms with Crippen LogP contribution in [0.4, 0.5) is 0 Å². The normalized spacial score (nSPS) is 29.1. The summed E-state index contributed by atoms with van der Waals surface area (Å²) in [6, 6.07) is 5.37. The monoisotopic (exact) mass is 286 g/mol. The van der Waals surface area contributed by atoms with Crippen LogP contribution < -0.4 is 11.1 Å². The van der Waals surface area contributed by atoms with Crippen LogP contribution in [0.5, 0.6) is 0 Å². The van der Waals surface area contributed by atoms with Crippen LogP contribution in [0.15, 0.2) is 27.8 Å². The fourth-order valence-electron chi connectivity index (χ4n) is 4.05. The standard InChI is InChI=1S/C16H18N2O3/c19-14(13-9-3-1-2-4-10(9)13)8-5-6-11-12(7-8)18-16(21)15(20)17-11/h5-7,9-10,13-14,19H,1-4H2,(H,17,20)(H,18,21). The number of fused-ring (bicyclic) bond motifs is 2. The predicted molar refractivity (Wildman–Crippen MR) is 79.1 cm³/mol. The molecule has 0 aliphatic heterocycles. The summed E-state index contributed by atoms with van der Waals surface area (Å²) >= 11 is 0. The van der Waals surface area contributed by atoms with Crippen molar-refractivity contribution in [3.8, 4) is 0 Å². The molecule has 2 fully saturated rings. The smallest absolute Gasteiger partial charge is 0.314 e. The maximum atomic E-state index is 11.4. The number of aliphatic hydroxyl groups excluding tert-OH is 1. The lowest BCUT2D eigenvalue weighted by atomic mass is 10.0. The highest BCUT2D eigenvalue weighted by Gasteiger charge is 2.54. The summed E-state index contributed by atoms with van der Waals surface area (Å²) in [4.78, 5) is 27.8. The van der Waals surface area contributed by atoms with E-state index in [1.165, 1.54) is 25.7 Å². The number of aromatic amines is 2. The van der Waals surface area contributed by atoms with Crippen LogP contribution in [-0.4, -0.2) is 15.1 Å². The molecular formula is C16H18N2O3. The van der Waals surface area contributed by atoms with Gasteiger partial charge in [-0.2, -0.15) is 0 Å². The van der Waals surface area contributed by atoms with Gasteiger partial charge in [0.25, 0.3) is 0 Å². The largest absolute Gasteiger partial charge is 0.388 e. The number of hydrogen-bond acceptors (Lipinski definition) is 3. The second-order valence-corrected chi connectivity index (χ2v) is 6.35. The summed E-state index contributed by atoms with van der Waals surface area (Å²) in [7, 11) is 0. The minimum Gasteiger partial charge on any atom is -0.388 e. The average Bonchev–Trinajstić information content (AvgIpc) is 3.21. The molecular weight excluding hydrogens is 268 g/mol. The van der Waals surface area contributed by atoms with Gasteiger partial charge in [0.1, 0.15) is 0 Å². The van der Waals surface area contributed by atoms with E-state index >= 15 is 0 Å². The number of rotatable bonds is 2. The zero-order valence-electron chi connectivity index (χ0n) is 11.6. The first kappa shape index (κ1) is 12.8. The lowest BCUT2D eigenvalue weighted by molar-refractivity contribution is 0.142. The van der Waals surface area contributed by atoms with Crippen molar-refractivity contribution in [2.45, 2.75) is 31.8 Å². The quantitative estimate of drug-likeness (QED) is 0.734. The summed E-state index contributed by atoms with van der Waals surface area (Å²) in [5.74, 6) is 1.69. The number of H-pyrrole nitrogens is 2. The first-order valence-electron chi connectivity index (χ1n) is 7.59. The van der Waals surface area contributed by atoms with E-state index in [4.69, 9.17) is 0 Å². The zero-order valence-corrected chi connectivity index (χ0v) is 11.6. The van der Waals surface area contributed by atoms with Gasteiger partial charge in [0.2, 0.25) is 0 Å². The Bertz CT molecular complexity index is 795. The van der Waals surface area contributed by atoms with Gasteiger partial charge in [0.15, 0.2) is 0 Å². The summed E-state index contributed by atoms with van der Waals surface area (Å²) in [5, 5.41) is 10.6. The lowest BCUT2D eigenvalue weighted by Gasteiger charge is -2.11. The minimum absolute atomic E-state index is 0.361. The number of hydrogen-bond donors (Lipinski definition) is 3. The second kappa shape index (κ2) is 4.56. The van der Waals surface area contributed by atoms with E-state index in [0.717, 1.165) is 5.56 Å². The SMILES string of the molecule is O=c1[nH]c2ccc(C(O)C3C4CCCCC43)cc2[nH]c1=O. The van der Waals surface area contributed by atoms with E-state index in [9.17, 15) is 14.7 Å². The van der Waals surface area contributed by atoms with E-state index in [0.29, 0.717) is 28.8 Å². The van der Waals surface area contributed by atoms with Gasteiger partial charge in [-0.15, -0.1) is 0 Å². The van der Waals surface area contributed by atoms with Gasteiger partial charge in [-0.1, -0.05) is 18.9 Å². The van der Waals surface area contributed by atoms with Crippen molar-refractivity contribution in [3.63, 3.8) is 0 Å². The molecule has 3 unspecified atom stereocenters. The molecule has 1 heterocycles. The third-order valence-electron chi connectivity index (χ3n) is 5.18. The number of aliphatic hydroxyl groups is 1. The lowest BCUT2D eigenvalue weighted by Crippen LogP contribution is -2.28. The van der Waals surface area contributed by atoms with Crippen molar-refractivity contribution in [3.05, 3.63) is 44.5 Å². The highest BCUT2D eigenvalue weighted by molar-refractivity contribution is 5.74. The Hall–Kier alpha value is -1.88. The second-order valence-electron chi connectivity index (χ2n) is 6.35. The van der Waals surface area contributed by atoms with Crippen LogP contribution in [0.2, 0.25) is 0 Å². The molecule has 0 amide bonds. The molecule has 5 heteroatoms. The van der Waals surface area contributed by atoms with Gasteiger partial charge in [0, 0.05) is 0 Å². The number of aromatic nitrogens is 2. The summed E-state index contributed by atoms with van der Waals surface area (Å²) in [6.45, 7) is 0. The molecule has 4 rings (SSSR count). The first-order valence-corrected chi connectivity index (χ1v) is 7.59. The van der Waals surface area contributed by atoms with Gasteiger partial charge in [0.05, 0.1) is 17.1 Å². The Balaban J connectivity index is 1.69. The Kier molecular flexibility index (Phi) is 2.79. The summed E-state index contributed by atoms with van der Waals surface area (Å²) in [6.07, 6.45) is 4.53. The molecule has 1 aromatic heterocycles. The fraction of sp³-hybridized carbons (Fsp3) is 0.500. The zero-order chi connectivity index (χ0) is 14.6. The van der Waals surface area contributed by atoms with Crippen LogP contribution >= 0.6 is 0 Å². The molecule has 2 aliphatic rings. The molecule has 1 aromatic carbocycles. The molecule has 3 N–H and O–H groups in total. The van der Waals surface area contributed by atoms with E-state index in [1.807, 2.05) is 6.07 Å². The Morgan fingerprint density at radius 2 is 1.62 bits per heavy atom. The van der Waals surface area contributed by atoms with Crippen LogP contribution in [-0.2, 0) is 0 Å². The minimum atomic E-state index is -0.658. The Labute approximate surface area is 121 Å². The maximum Gasteiger partial charge on any atom is 0.314 e. The van der Waals surface area contributed by atoms with Crippen LogP contribution in [0.1, 0.15) is 37.4 Å². The van der Waals surface area contributed by atoms with Crippen molar-refractivity contribution in [2.75, 3.05) is 0 Å². The van der Waals surface area contributed by atoms with E-state index in [2.05, 4.69) is 9.97 Å². The molecule has 2 aliphatic carbocycles. The topological polar surface area (TPSA) is 85.9 Å². The fourth-order valence-corrected chi connectivity index (χ4v) is 4.05. The molecule has 5 nitrogen and oxygen atoms in total. The van der Waals surface area contributed by atoms with Crippen molar-refractivity contribution in [1.29, 1.82) is 0 Å². The third kappa shape index (κ3) is 2.03. The van der Waals surface area contributed by atoms with E-state index in [-0.39, 0.29) is 0 Å². The van der Waals surface area contributed by atoms with Gasteiger partial charge in [-0.3, -0.25) is 9.59 Å². The molecule has 3 atom stereocenters. The maximum absolute atomic E-state index is 11.4. The number of nitrogens with one attached hydrogen (secondary N) is 2. The van der Waals surface area contributed by atoms with Crippen LogP contribution in [0, 0.1) is 17.8 Å². The van der Waals surface area contributed by atoms with E-state index < -0.39 is 17.2 Å². The molecule has 0 saturated heterocycles. The van der Waals surface area contributed by atoms with Crippen LogP contribution in [0.25, 0.3) is 11.0 Å². The molecule has 0 bridgehead atoms. The first-order chi connectivity index (χ1) is 10.1. The summed E-state index contributed by atoms with van der Waals surface area (Å²) in [5.41, 5.74) is 0.673. The molecule has 21 heavy (non-hydrogen) atoms. The number of benzene rings is 1. The molecule has 0 radical (unpaired) electrons. The third-order valence-corrected chi connectivity index (χ3v) is 5.18. The van der Waals surface area contributed by atoms with Crippen molar-refractivity contribution >= 4 is 11.0 Å². The highest BCUT2D eigenvalue weighted by atomic mass is 16.3. The van der Waals surface area contributed by atoms with Gasteiger partial charge in [-0.25, -0.2) is 0 Å². The van der Waals surface area contributed by atoms with Crippen LogP contribution in [0.3, 0.4) is 0 Å². The molecule has 110 valence electrons. The van der Waals surface area contributed by atoms with Crippen molar-refractivity contribution in [1.82, 2.24) is 9.97 Å². The van der Waals surface area contributed by atoms with Gasteiger partial charge in [-0.05, 0) is 48.3 Å². The van der Waals surface area contributed by atoms with Crippen molar-refractivity contribution in [2.24, 2.45) is 17.8 Å². The summed E-state index contributed by atoms with van der Waals surface area (Å²) < 4.78 is 0. The van der Waals surface area contributed by atoms with Crippen molar-refractivity contribution < 1.29 is 5.11 Å². The van der Waals surface area contributed by atoms with Gasteiger partial charge >= 0.3 is 11.1 Å². The molecule has 2 aromatic rings. The van der Waals surface area contributed by atoms with Gasteiger partial charge < -0.3 is 15.1 Å². The Morgan fingerprint density at radius 3 is 2.29 bits per heavy atom. The Morgan fingerprint density at radius 1 is 1.00 bits per heavy atom. The molecule has 2 saturated carbocycles.